The fourth-order valence-electron chi connectivity index (χ4n) is 3.51. The summed E-state index contributed by atoms with van der Waals surface area (Å²) < 4.78 is 28.0. The number of hydrogen-bond donors (Lipinski definition) is 0. The lowest BCUT2D eigenvalue weighted by atomic mass is 9.92. The molecule has 0 fully saturated rings. The quantitative estimate of drug-likeness (QED) is 0.408. The molecule has 0 unspecified atom stereocenters. The second kappa shape index (κ2) is 8.84. The van der Waals surface area contributed by atoms with Crippen LogP contribution in [-0.2, 0) is 4.74 Å². The summed E-state index contributed by atoms with van der Waals surface area (Å²) in [5.74, 6) is 2.28. The maximum absolute atomic E-state index is 11.4. The Labute approximate surface area is 169 Å². The minimum Gasteiger partial charge on any atom is -0.496 e. The molecule has 0 saturated carbocycles. The number of rotatable bonds is 8. The number of hydrogen-bond acceptors (Lipinski definition) is 6. The number of methoxy groups -OCH3 is 4. The predicted molar refractivity (Wildman–Crippen MR) is 112 cm³/mol. The van der Waals surface area contributed by atoms with Crippen LogP contribution in [0.2, 0.25) is 0 Å². The molecular weight excluding hydrogens is 372 g/mol. The lowest BCUT2D eigenvalue weighted by Gasteiger charge is -2.21. The number of carbonyl (C=O) groups excluding carboxylic acids is 1. The number of fused-ring (bicyclic) bond motifs is 1. The molecule has 0 amide bonds. The van der Waals surface area contributed by atoms with Crippen LogP contribution in [0.3, 0.4) is 0 Å². The Kier molecular flexibility index (Phi) is 6.24. The van der Waals surface area contributed by atoms with E-state index in [4.69, 9.17) is 23.7 Å². The zero-order valence-corrected chi connectivity index (χ0v) is 17.2. The summed E-state index contributed by atoms with van der Waals surface area (Å²) in [6.07, 6.45) is 0.757. The number of ether oxygens (including phenoxy) is 5. The van der Waals surface area contributed by atoms with Crippen molar-refractivity contribution >= 4 is 17.1 Å². The van der Waals surface area contributed by atoms with Crippen molar-refractivity contribution in [3.8, 4) is 34.1 Å². The van der Waals surface area contributed by atoms with E-state index in [9.17, 15) is 4.79 Å². The fourth-order valence-corrected chi connectivity index (χ4v) is 3.51. The normalized spacial score (nSPS) is 10.7. The molecule has 29 heavy (non-hydrogen) atoms. The number of carbonyl (C=O) groups is 1. The van der Waals surface area contributed by atoms with Crippen molar-refractivity contribution in [2.24, 2.45) is 0 Å². The zero-order chi connectivity index (χ0) is 21.0. The molecular formula is C23H24O6. The van der Waals surface area contributed by atoms with Crippen molar-refractivity contribution in [2.45, 2.75) is 6.92 Å². The Balaban J connectivity index is 2.46. The van der Waals surface area contributed by atoms with Crippen molar-refractivity contribution in [3.05, 3.63) is 47.5 Å². The molecule has 0 aliphatic carbocycles. The smallest absolute Gasteiger partial charge is 0.188 e. The van der Waals surface area contributed by atoms with Gasteiger partial charge in [0.15, 0.2) is 6.79 Å². The van der Waals surface area contributed by atoms with E-state index in [2.05, 4.69) is 6.07 Å². The van der Waals surface area contributed by atoms with Crippen LogP contribution in [0.4, 0.5) is 0 Å². The molecule has 0 aliphatic heterocycles. The highest BCUT2D eigenvalue weighted by Crippen LogP contribution is 2.49. The number of benzene rings is 3. The molecule has 0 radical (unpaired) electrons. The predicted octanol–water partition coefficient (Wildman–Crippen LogP) is 4.64. The highest BCUT2D eigenvalue weighted by molar-refractivity contribution is 6.02. The van der Waals surface area contributed by atoms with Crippen LogP contribution < -0.4 is 18.9 Å². The average molecular weight is 396 g/mol. The van der Waals surface area contributed by atoms with E-state index in [1.807, 2.05) is 25.1 Å². The molecule has 152 valence electrons. The van der Waals surface area contributed by atoms with Crippen LogP contribution in [0, 0.1) is 6.92 Å². The third-order valence-electron chi connectivity index (χ3n) is 4.73. The largest absolute Gasteiger partial charge is 0.496 e. The topological polar surface area (TPSA) is 63.2 Å². The molecule has 6 heteroatoms. The van der Waals surface area contributed by atoms with Crippen molar-refractivity contribution in [3.63, 3.8) is 0 Å². The second-order valence-electron chi connectivity index (χ2n) is 6.43. The summed E-state index contributed by atoms with van der Waals surface area (Å²) in [6.45, 7) is 2.04. The molecule has 0 N–H and O–H groups in total. The Morgan fingerprint density at radius 1 is 0.862 bits per heavy atom. The van der Waals surface area contributed by atoms with Gasteiger partial charge in [-0.3, -0.25) is 4.79 Å². The SMILES string of the molecule is COCOc1c(-c2c(OC)cc(C=O)cc2OC)c(C)cc2cccc(OC)c12. The van der Waals surface area contributed by atoms with Gasteiger partial charge in [-0.1, -0.05) is 18.2 Å². The summed E-state index contributed by atoms with van der Waals surface area (Å²) in [7, 11) is 6.29. The second-order valence-corrected chi connectivity index (χ2v) is 6.43. The van der Waals surface area contributed by atoms with Gasteiger partial charge in [0.1, 0.15) is 29.3 Å². The summed E-state index contributed by atoms with van der Waals surface area (Å²) in [6, 6.07) is 11.2. The molecule has 0 spiro atoms. The van der Waals surface area contributed by atoms with Crippen LogP contribution in [0.15, 0.2) is 36.4 Å². The van der Waals surface area contributed by atoms with Crippen molar-refractivity contribution in [1.29, 1.82) is 0 Å². The highest BCUT2D eigenvalue weighted by atomic mass is 16.7. The third kappa shape index (κ3) is 3.71. The van der Waals surface area contributed by atoms with Gasteiger partial charge in [0, 0.05) is 18.2 Å². The van der Waals surface area contributed by atoms with Gasteiger partial charge >= 0.3 is 0 Å². The standard InChI is InChI=1S/C23H24O6/c1-14-9-16-7-6-8-17(26-3)21(16)23(29-13-25-2)20(14)22-18(27-4)10-15(12-24)11-19(22)28-5/h6-12H,13H2,1-5H3. The number of aryl methyl sites for hydroxylation is 1. The van der Waals surface area contributed by atoms with Crippen LogP contribution in [0.1, 0.15) is 15.9 Å². The maximum Gasteiger partial charge on any atom is 0.188 e. The first-order valence-electron chi connectivity index (χ1n) is 9.03. The molecule has 6 nitrogen and oxygen atoms in total. The average Bonchev–Trinajstić information content (AvgIpc) is 2.75. The highest BCUT2D eigenvalue weighted by Gasteiger charge is 2.24. The minimum absolute atomic E-state index is 0.0562. The Morgan fingerprint density at radius 2 is 1.52 bits per heavy atom. The zero-order valence-electron chi connectivity index (χ0n) is 17.2. The summed E-state index contributed by atoms with van der Waals surface area (Å²) in [5, 5.41) is 1.79. The molecule has 0 heterocycles. The number of aldehydes is 1. The monoisotopic (exact) mass is 396 g/mol. The minimum atomic E-state index is 0.0562. The lowest BCUT2D eigenvalue weighted by Crippen LogP contribution is -2.05. The van der Waals surface area contributed by atoms with Crippen LogP contribution in [0.5, 0.6) is 23.0 Å². The molecule has 3 rings (SSSR count). The molecule has 0 aliphatic rings. The Bertz CT molecular complexity index is 1020. The first-order valence-corrected chi connectivity index (χ1v) is 9.03. The molecule has 0 atom stereocenters. The van der Waals surface area contributed by atoms with Gasteiger partial charge in [0.05, 0.1) is 32.3 Å². The van der Waals surface area contributed by atoms with Gasteiger partial charge < -0.3 is 23.7 Å². The van der Waals surface area contributed by atoms with Gasteiger partial charge in [-0.15, -0.1) is 0 Å². The Hall–Kier alpha value is -3.25. The first kappa shape index (κ1) is 20.5. The van der Waals surface area contributed by atoms with Gasteiger partial charge in [0.25, 0.3) is 0 Å². The van der Waals surface area contributed by atoms with E-state index < -0.39 is 0 Å². The van der Waals surface area contributed by atoms with E-state index in [1.165, 1.54) is 0 Å². The van der Waals surface area contributed by atoms with Crippen LogP contribution in [-0.4, -0.2) is 41.5 Å². The van der Waals surface area contributed by atoms with Crippen molar-refractivity contribution < 1.29 is 28.5 Å². The Morgan fingerprint density at radius 3 is 2.07 bits per heavy atom. The van der Waals surface area contributed by atoms with Crippen molar-refractivity contribution in [2.75, 3.05) is 35.2 Å². The summed E-state index contributed by atoms with van der Waals surface area (Å²) >= 11 is 0. The van der Waals surface area contributed by atoms with Crippen molar-refractivity contribution in [1.82, 2.24) is 0 Å². The summed E-state index contributed by atoms with van der Waals surface area (Å²) in [4.78, 5) is 11.4. The molecule has 3 aromatic carbocycles. The van der Waals surface area contributed by atoms with Gasteiger partial charge in [0.2, 0.25) is 0 Å². The molecule has 0 aromatic heterocycles. The molecule has 0 saturated heterocycles. The van der Waals surface area contributed by atoms with E-state index >= 15 is 0 Å². The van der Waals surface area contributed by atoms with Gasteiger partial charge in [-0.2, -0.15) is 0 Å². The third-order valence-corrected chi connectivity index (χ3v) is 4.73. The van der Waals surface area contributed by atoms with Gasteiger partial charge in [-0.05, 0) is 36.1 Å². The fraction of sp³-hybridized carbons (Fsp3) is 0.261. The lowest BCUT2D eigenvalue weighted by molar-refractivity contribution is 0.0525. The molecule has 0 bridgehead atoms. The van der Waals surface area contributed by atoms with Gasteiger partial charge in [-0.25, -0.2) is 0 Å². The molecule has 3 aromatic rings. The van der Waals surface area contributed by atoms with Crippen LogP contribution in [0.25, 0.3) is 21.9 Å². The summed E-state index contributed by atoms with van der Waals surface area (Å²) in [5.41, 5.74) is 2.88. The van der Waals surface area contributed by atoms with E-state index in [0.717, 1.165) is 28.2 Å². The van der Waals surface area contributed by atoms with E-state index in [1.54, 1.807) is 40.6 Å². The maximum atomic E-state index is 11.4. The van der Waals surface area contributed by atoms with Crippen LogP contribution >= 0.6 is 0 Å². The van der Waals surface area contributed by atoms with E-state index in [0.29, 0.717) is 34.1 Å². The first-order chi connectivity index (χ1) is 14.1. The van der Waals surface area contributed by atoms with E-state index in [-0.39, 0.29) is 6.79 Å².